The lowest BCUT2D eigenvalue weighted by atomic mass is 9.71. The number of hydrogen-bond acceptors (Lipinski definition) is 9. The Morgan fingerprint density at radius 1 is 0.905 bits per heavy atom. The van der Waals surface area contributed by atoms with Crippen LogP contribution in [0.25, 0.3) is 32.8 Å². The number of fused-ring (bicyclic) bond motifs is 7. The lowest BCUT2D eigenvalue weighted by Crippen LogP contribution is -2.59. The molecule has 12 heteroatoms. The van der Waals surface area contributed by atoms with Crippen LogP contribution in [0.4, 0.5) is 15.0 Å². The molecule has 1 aliphatic carbocycles. The predicted octanol–water partition coefficient (Wildman–Crippen LogP) is 11.0. The van der Waals surface area contributed by atoms with Crippen LogP contribution in [0.1, 0.15) is 106 Å². The van der Waals surface area contributed by atoms with E-state index in [0.717, 1.165) is 54.5 Å². The van der Waals surface area contributed by atoms with Crippen LogP contribution in [0, 0.1) is 23.2 Å². The largest absolute Gasteiger partial charge is 0.468 e. The SMILES string of the molecule is COCOc1cc(-c2ccc3c(N4CC5CCC(C4)N5C(=O)OC(C)(C)C)nc(OCC45CCC(CC4)CN5C)nc3c2F)c2c(C#C[Si](C(C)C)(C(C)C)C(C)C)cccc2c1. The number of carbonyl (C=O) groups is 1. The van der Waals surface area contributed by atoms with Crippen molar-refractivity contribution in [2.24, 2.45) is 5.92 Å². The molecule has 9 rings (SSSR count). The number of ether oxygens (including phenoxy) is 4. The molecule has 3 aromatic carbocycles. The van der Waals surface area contributed by atoms with Crippen molar-refractivity contribution in [3.8, 4) is 34.4 Å². The summed E-state index contributed by atoms with van der Waals surface area (Å²) in [6.45, 7) is 22.2. The van der Waals surface area contributed by atoms with E-state index in [2.05, 4.69) is 75.9 Å². The van der Waals surface area contributed by atoms with E-state index < -0.39 is 19.5 Å². The molecule has 4 bridgehead atoms. The van der Waals surface area contributed by atoms with Gasteiger partial charge in [-0.05, 0) is 124 Å². The van der Waals surface area contributed by atoms with Crippen molar-refractivity contribution in [1.29, 1.82) is 0 Å². The number of halogens is 1. The summed E-state index contributed by atoms with van der Waals surface area (Å²) in [5, 5.41) is 2.36. The molecule has 4 aliphatic heterocycles. The van der Waals surface area contributed by atoms with Gasteiger partial charge in [0, 0.05) is 48.6 Å². The summed E-state index contributed by atoms with van der Waals surface area (Å²) in [4.78, 5) is 30.1. The van der Waals surface area contributed by atoms with Gasteiger partial charge in [-0.1, -0.05) is 65.7 Å². The Hall–Kier alpha value is -4.44. The summed E-state index contributed by atoms with van der Waals surface area (Å²) < 4.78 is 41.8. The second kappa shape index (κ2) is 17.5. The van der Waals surface area contributed by atoms with Gasteiger partial charge >= 0.3 is 12.1 Å². The van der Waals surface area contributed by atoms with Gasteiger partial charge in [0.05, 0.1) is 17.6 Å². The van der Waals surface area contributed by atoms with Crippen LogP contribution in [0.3, 0.4) is 0 Å². The van der Waals surface area contributed by atoms with E-state index in [1.54, 1.807) is 7.11 Å². The van der Waals surface area contributed by atoms with Crippen LogP contribution in [0.5, 0.6) is 11.8 Å². The fourth-order valence-corrected chi connectivity index (χ4v) is 16.9. The maximum atomic E-state index is 18.0. The van der Waals surface area contributed by atoms with E-state index >= 15 is 4.39 Å². The van der Waals surface area contributed by atoms with Gasteiger partial charge in [0.25, 0.3) is 0 Å². The van der Waals surface area contributed by atoms with Gasteiger partial charge in [-0.15, -0.1) is 5.54 Å². The van der Waals surface area contributed by atoms with Gasteiger partial charge in [0.15, 0.2) is 12.6 Å². The normalized spacial score (nSPS) is 22.7. The number of rotatable bonds is 11. The minimum Gasteiger partial charge on any atom is -0.468 e. The lowest BCUT2D eigenvalue weighted by Gasteiger charge is -2.52. The first-order valence-electron chi connectivity index (χ1n) is 23.3. The molecular weight excluding hydrogens is 810 g/mol. The number of nitrogens with zero attached hydrogens (tertiary/aromatic N) is 5. The molecule has 5 aliphatic rings. The molecule has 0 spiro atoms. The third kappa shape index (κ3) is 8.50. The molecule has 338 valence electrons. The highest BCUT2D eigenvalue weighted by Gasteiger charge is 2.47. The number of aromatic nitrogens is 2. The molecule has 2 unspecified atom stereocenters. The maximum Gasteiger partial charge on any atom is 0.410 e. The summed E-state index contributed by atoms with van der Waals surface area (Å²) in [7, 11) is 1.68. The molecule has 1 aromatic heterocycles. The number of benzene rings is 3. The minimum absolute atomic E-state index is 0.0493. The van der Waals surface area contributed by atoms with Crippen LogP contribution in [-0.4, -0.2) is 104 Å². The molecule has 10 nitrogen and oxygen atoms in total. The zero-order valence-electron chi connectivity index (χ0n) is 39.4. The third-order valence-electron chi connectivity index (χ3n) is 14.9. The summed E-state index contributed by atoms with van der Waals surface area (Å²) in [6.07, 6.45) is 5.90. The number of anilines is 1. The third-order valence-corrected chi connectivity index (χ3v) is 21.2. The molecule has 0 radical (unpaired) electrons. The Morgan fingerprint density at radius 3 is 2.21 bits per heavy atom. The molecule has 4 saturated heterocycles. The topological polar surface area (TPSA) is 89.5 Å². The Bertz CT molecular complexity index is 2380. The first-order valence-corrected chi connectivity index (χ1v) is 25.5. The first-order chi connectivity index (χ1) is 29.9. The number of methoxy groups -OCH3 is 1. The van der Waals surface area contributed by atoms with Gasteiger partial charge in [-0.25, -0.2) is 9.18 Å². The molecule has 4 aromatic rings. The molecule has 5 heterocycles. The molecule has 1 amide bonds. The Kier molecular flexibility index (Phi) is 12.5. The number of likely N-dealkylation sites (N-methyl/N-ethyl adjacent to an activating group) is 1. The van der Waals surface area contributed by atoms with Crippen LogP contribution < -0.4 is 14.4 Å². The molecule has 63 heavy (non-hydrogen) atoms. The number of piperidine rings is 2. The molecule has 1 saturated carbocycles. The Morgan fingerprint density at radius 2 is 1.59 bits per heavy atom. The summed E-state index contributed by atoms with van der Waals surface area (Å²) in [6, 6.07) is 13.8. The van der Waals surface area contributed by atoms with Crippen molar-refractivity contribution < 1.29 is 28.1 Å². The zero-order chi connectivity index (χ0) is 45.0. The van der Waals surface area contributed by atoms with E-state index in [0.29, 0.717) is 64.4 Å². The molecule has 5 fully saturated rings. The van der Waals surface area contributed by atoms with E-state index in [-0.39, 0.29) is 42.0 Å². The van der Waals surface area contributed by atoms with E-state index in [1.165, 1.54) is 12.8 Å². The first kappa shape index (κ1) is 45.1. The molecule has 0 N–H and O–H groups in total. The van der Waals surface area contributed by atoms with Crippen molar-refractivity contribution in [1.82, 2.24) is 19.8 Å². The number of amides is 1. The Labute approximate surface area is 375 Å². The van der Waals surface area contributed by atoms with E-state index in [4.69, 9.17) is 28.9 Å². The van der Waals surface area contributed by atoms with Crippen molar-refractivity contribution in [3.63, 3.8) is 0 Å². The van der Waals surface area contributed by atoms with Crippen LogP contribution in [-0.2, 0) is 9.47 Å². The van der Waals surface area contributed by atoms with Gasteiger partial charge in [-0.2, -0.15) is 9.97 Å². The lowest BCUT2D eigenvalue weighted by molar-refractivity contribution is -0.0448. The van der Waals surface area contributed by atoms with Gasteiger partial charge in [-0.3, -0.25) is 9.80 Å². The highest BCUT2D eigenvalue weighted by Crippen LogP contribution is 2.45. The van der Waals surface area contributed by atoms with Crippen LogP contribution in [0.15, 0.2) is 42.5 Å². The van der Waals surface area contributed by atoms with Crippen molar-refractivity contribution in [2.45, 2.75) is 141 Å². The van der Waals surface area contributed by atoms with Gasteiger partial charge in [0.2, 0.25) is 0 Å². The fraction of sp³-hybridized carbons (Fsp3) is 0.588. The second-order valence-electron chi connectivity index (χ2n) is 20.7. The fourth-order valence-electron chi connectivity index (χ4n) is 11.7. The average Bonchev–Trinajstić information content (AvgIpc) is 3.50. The summed E-state index contributed by atoms with van der Waals surface area (Å²) in [5.74, 6) is 5.14. The quantitative estimate of drug-likeness (QED) is 0.0830. The minimum atomic E-state index is -2.10. The highest BCUT2D eigenvalue weighted by molar-refractivity contribution is 6.90. The standard InChI is InChI=1S/C51H68FN5O5Si/c1-32(2)63(33(3)4,34(5)6)24-21-36-13-12-14-37-25-40(61-31-59-11)26-43(44(36)37)41-17-18-42-46(45(41)52)53-48(60-30-51-22-19-35(20-23-51)27-55(51)10)54-47(42)56-28-38-15-16-39(29-56)57(38)49(58)62-50(7,8)9/h12-14,17-18,25-26,32-35,38-39H,15-16,19-20,22-23,27-31H2,1-11H3. The highest BCUT2D eigenvalue weighted by atomic mass is 28.3. The second-order valence-corrected chi connectivity index (χ2v) is 26.3. The van der Waals surface area contributed by atoms with Crippen molar-refractivity contribution >= 4 is 41.7 Å². The average molecular weight is 878 g/mol. The van der Waals surface area contributed by atoms with Crippen LogP contribution >= 0.6 is 0 Å². The molecular formula is C51H68FN5O5Si. The van der Waals surface area contributed by atoms with E-state index in [9.17, 15) is 4.79 Å². The smallest absolute Gasteiger partial charge is 0.410 e. The van der Waals surface area contributed by atoms with Crippen molar-refractivity contribution in [2.75, 3.05) is 52.1 Å². The van der Waals surface area contributed by atoms with Crippen LogP contribution in [0.2, 0.25) is 16.6 Å². The van der Waals surface area contributed by atoms with E-state index in [1.807, 2.05) is 62.1 Å². The zero-order valence-corrected chi connectivity index (χ0v) is 40.4. The predicted molar refractivity (Wildman–Crippen MR) is 253 cm³/mol. The number of carbonyl (C=O) groups excluding carboxylic acids is 1. The number of piperazine rings is 1. The molecule has 2 atom stereocenters. The van der Waals surface area contributed by atoms with Gasteiger partial charge < -0.3 is 23.8 Å². The summed E-state index contributed by atoms with van der Waals surface area (Å²) >= 11 is 0. The monoisotopic (exact) mass is 877 g/mol. The number of hydrogen-bond donors (Lipinski definition) is 0. The summed E-state index contributed by atoms with van der Waals surface area (Å²) in [5.41, 5.74) is 6.69. The maximum absolute atomic E-state index is 18.0. The van der Waals surface area contributed by atoms with Gasteiger partial charge in [0.1, 0.15) is 37.4 Å². The Balaban J connectivity index is 1.27. The van der Waals surface area contributed by atoms with Crippen molar-refractivity contribution in [3.05, 3.63) is 53.8 Å².